The fourth-order valence-corrected chi connectivity index (χ4v) is 6.33. The van der Waals surface area contributed by atoms with Crippen LogP contribution in [0.1, 0.15) is 61.2 Å². The van der Waals surface area contributed by atoms with E-state index in [1.54, 1.807) is 12.1 Å². The Balaban J connectivity index is 1.31. The van der Waals surface area contributed by atoms with Crippen molar-refractivity contribution >= 4 is 0 Å². The third-order valence-corrected chi connectivity index (χ3v) is 8.83. The Bertz CT molecular complexity index is 1450. The smallest absolute Gasteiger partial charge is 0.406 e. The first kappa shape index (κ1) is 33.6. The summed E-state index contributed by atoms with van der Waals surface area (Å²) in [5.74, 6) is -0.194. The summed E-state index contributed by atoms with van der Waals surface area (Å²) in [7, 11) is 2.22. The van der Waals surface area contributed by atoms with Crippen LogP contribution in [0, 0.1) is 0 Å². The highest BCUT2D eigenvalue weighted by molar-refractivity contribution is 5.31. The van der Waals surface area contributed by atoms with E-state index in [9.17, 15) is 13.2 Å². The summed E-state index contributed by atoms with van der Waals surface area (Å²) >= 11 is 0. The molecule has 0 amide bonds. The SMILES string of the molecule is CN1[C@@H](CCN(Cc2ccccc2)Cc2cccnc2)CN(CCc2ccc(OC(F)(F)F)cc2)[C@H]1c1ccc(C(C)(C)C)cc1. The van der Waals surface area contributed by atoms with Gasteiger partial charge in [0.15, 0.2) is 0 Å². The Morgan fingerprint density at radius 2 is 1.50 bits per heavy atom. The number of aromatic nitrogens is 1. The monoisotopic (exact) mass is 630 g/mol. The maximum atomic E-state index is 12.7. The van der Waals surface area contributed by atoms with E-state index < -0.39 is 6.36 Å². The zero-order valence-corrected chi connectivity index (χ0v) is 27.3. The fraction of sp³-hybridized carbons (Fsp3) is 0.395. The Labute approximate surface area is 271 Å². The molecule has 46 heavy (non-hydrogen) atoms. The van der Waals surface area contributed by atoms with Crippen LogP contribution in [-0.4, -0.2) is 58.8 Å². The van der Waals surface area contributed by atoms with Gasteiger partial charge in [-0.1, -0.05) is 93.6 Å². The summed E-state index contributed by atoms with van der Waals surface area (Å²) < 4.78 is 42.0. The molecule has 244 valence electrons. The number of likely N-dealkylation sites (N-methyl/N-ethyl adjacent to an activating group) is 1. The molecule has 0 spiro atoms. The highest BCUT2D eigenvalue weighted by Gasteiger charge is 2.38. The van der Waals surface area contributed by atoms with E-state index >= 15 is 0 Å². The molecule has 0 bridgehead atoms. The highest BCUT2D eigenvalue weighted by atomic mass is 19.4. The van der Waals surface area contributed by atoms with Crippen LogP contribution >= 0.6 is 0 Å². The van der Waals surface area contributed by atoms with E-state index in [-0.39, 0.29) is 17.3 Å². The van der Waals surface area contributed by atoms with Gasteiger partial charge in [0.2, 0.25) is 0 Å². The third kappa shape index (κ3) is 9.41. The second-order valence-electron chi connectivity index (χ2n) is 13.3. The molecular formula is C38H45F3N4O. The van der Waals surface area contributed by atoms with Gasteiger partial charge in [-0.15, -0.1) is 13.2 Å². The zero-order valence-electron chi connectivity index (χ0n) is 27.3. The summed E-state index contributed by atoms with van der Waals surface area (Å²) in [5, 5.41) is 0. The van der Waals surface area contributed by atoms with E-state index in [2.05, 4.69) is 113 Å². The van der Waals surface area contributed by atoms with Crippen molar-refractivity contribution in [3.8, 4) is 5.75 Å². The van der Waals surface area contributed by atoms with Crippen molar-refractivity contribution in [2.24, 2.45) is 0 Å². The minimum absolute atomic E-state index is 0.0702. The first-order chi connectivity index (χ1) is 21.9. The topological polar surface area (TPSA) is 31.8 Å². The molecule has 1 aliphatic rings. The van der Waals surface area contributed by atoms with Gasteiger partial charge < -0.3 is 4.74 Å². The average molecular weight is 631 g/mol. The van der Waals surface area contributed by atoms with Crippen molar-refractivity contribution in [2.75, 3.05) is 26.7 Å². The maximum Gasteiger partial charge on any atom is 0.573 e. The summed E-state index contributed by atoms with van der Waals surface area (Å²) in [6.45, 7) is 11.0. The second kappa shape index (κ2) is 14.8. The van der Waals surface area contributed by atoms with Crippen molar-refractivity contribution in [1.29, 1.82) is 0 Å². The van der Waals surface area contributed by atoms with Gasteiger partial charge in [0.05, 0.1) is 6.17 Å². The predicted molar refractivity (Wildman–Crippen MR) is 177 cm³/mol. The number of nitrogens with zero attached hydrogens (tertiary/aromatic N) is 4. The number of ether oxygens (including phenoxy) is 1. The zero-order chi connectivity index (χ0) is 32.7. The number of pyridine rings is 1. The van der Waals surface area contributed by atoms with Gasteiger partial charge >= 0.3 is 6.36 Å². The maximum absolute atomic E-state index is 12.7. The minimum Gasteiger partial charge on any atom is -0.406 e. The molecule has 0 saturated carbocycles. The third-order valence-electron chi connectivity index (χ3n) is 8.83. The summed E-state index contributed by atoms with van der Waals surface area (Å²) in [5.41, 5.74) is 6.09. The second-order valence-corrected chi connectivity index (χ2v) is 13.3. The van der Waals surface area contributed by atoms with Gasteiger partial charge in [-0.3, -0.25) is 19.7 Å². The molecule has 2 atom stereocenters. The number of hydrogen-bond acceptors (Lipinski definition) is 5. The predicted octanol–water partition coefficient (Wildman–Crippen LogP) is 8.23. The van der Waals surface area contributed by atoms with Crippen molar-refractivity contribution in [1.82, 2.24) is 19.7 Å². The minimum atomic E-state index is -4.69. The van der Waals surface area contributed by atoms with Crippen LogP contribution in [0.5, 0.6) is 5.75 Å². The van der Waals surface area contributed by atoms with Crippen LogP contribution in [-0.2, 0) is 24.9 Å². The Morgan fingerprint density at radius 1 is 0.826 bits per heavy atom. The summed E-state index contributed by atoms with van der Waals surface area (Å²) in [6.07, 6.45) is 0.894. The summed E-state index contributed by atoms with van der Waals surface area (Å²) in [6, 6.07) is 30.3. The van der Waals surface area contributed by atoms with Gasteiger partial charge in [-0.25, -0.2) is 0 Å². The number of hydrogen-bond donors (Lipinski definition) is 0. The van der Waals surface area contributed by atoms with Crippen LogP contribution in [0.3, 0.4) is 0 Å². The van der Waals surface area contributed by atoms with E-state index in [1.807, 2.05) is 18.5 Å². The molecule has 0 radical (unpaired) electrons. The molecule has 5 nitrogen and oxygen atoms in total. The van der Waals surface area contributed by atoms with Gasteiger partial charge in [-0.2, -0.15) is 0 Å². The molecule has 1 aliphatic heterocycles. The molecule has 1 fully saturated rings. The van der Waals surface area contributed by atoms with Crippen molar-refractivity contribution < 1.29 is 17.9 Å². The number of alkyl halides is 3. The van der Waals surface area contributed by atoms with Gasteiger partial charge in [0.1, 0.15) is 5.75 Å². The van der Waals surface area contributed by atoms with Crippen molar-refractivity contribution in [3.63, 3.8) is 0 Å². The molecule has 2 heterocycles. The standard InChI is InChI=1S/C38H45F3N4O/c1-37(2,3)33-16-14-32(15-17-33)36-43(4)34(28-45(36)24-20-29-12-18-35(19-13-29)46-38(39,40)41)21-23-44(26-30-9-6-5-7-10-30)27-31-11-8-22-42-25-31/h5-19,22,25,34,36H,20-21,23-24,26-28H2,1-4H3/t34-,36-/m0/s1. The van der Waals surface area contributed by atoms with Gasteiger partial charge in [0.25, 0.3) is 0 Å². The average Bonchev–Trinajstić information content (AvgIpc) is 3.34. The van der Waals surface area contributed by atoms with E-state index in [0.717, 1.165) is 51.1 Å². The van der Waals surface area contributed by atoms with E-state index in [0.29, 0.717) is 6.04 Å². The molecule has 1 aromatic heterocycles. The number of benzene rings is 3. The van der Waals surface area contributed by atoms with Crippen LogP contribution in [0.15, 0.2) is 103 Å². The lowest BCUT2D eigenvalue weighted by atomic mass is 9.86. The van der Waals surface area contributed by atoms with Crippen LogP contribution in [0.4, 0.5) is 13.2 Å². The Morgan fingerprint density at radius 3 is 2.13 bits per heavy atom. The molecule has 8 heteroatoms. The lowest BCUT2D eigenvalue weighted by Crippen LogP contribution is -2.34. The normalized spacial score (nSPS) is 17.9. The van der Waals surface area contributed by atoms with Crippen LogP contribution in [0.2, 0.25) is 0 Å². The van der Waals surface area contributed by atoms with Gasteiger partial charge in [0, 0.05) is 51.2 Å². The fourth-order valence-electron chi connectivity index (χ4n) is 6.33. The van der Waals surface area contributed by atoms with Crippen LogP contribution in [0.25, 0.3) is 0 Å². The number of halogens is 3. The molecular weight excluding hydrogens is 585 g/mol. The molecule has 5 rings (SSSR count). The molecule has 0 unspecified atom stereocenters. The van der Waals surface area contributed by atoms with Crippen molar-refractivity contribution in [2.45, 2.75) is 70.7 Å². The van der Waals surface area contributed by atoms with Gasteiger partial charge in [-0.05, 0) is 71.3 Å². The Hall–Kier alpha value is -3.72. The first-order valence-corrected chi connectivity index (χ1v) is 16.0. The van der Waals surface area contributed by atoms with Crippen LogP contribution < -0.4 is 4.74 Å². The molecule has 1 saturated heterocycles. The molecule has 4 aromatic rings. The Kier molecular flexibility index (Phi) is 10.8. The molecule has 3 aromatic carbocycles. The first-order valence-electron chi connectivity index (χ1n) is 16.0. The lowest BCUT2D eigenvalue weighted by molar-refractivity contribution is -0.274. The van der Waals surface area contributed by atoms with Crippen molar-refractivity contribution in [3.05, 3.63) is 131 Å². The lowest BCUT2D eigenvalue weighted by Gasteiger charge is -2.31. The quantitative estimate of drug-likeness (QED) is 0.158. The largest absolute Gasteiger partial charge is 0.573 e. The van der Waals surface area contributed by atoms with E-state index in [4.69, 9.17) is 0 Å². The highest BCUT2D eigenvalue weighted by Crippen LogP contribution is 2.35. The van der Waals surface area contributed by atoms with E-state index in [1.165, 1.54) is 34.4 Å². The summed E-state index contributed by atoms with van der Waals surface area (Å²) in [4.78, 5) is 11.8. The molecule has 0 N–H and O–H groups in total. The number of rotatable bonds is 12. The molecule has 0 aliphatic carbocycles.